The number of piperidine rings is 1. The van der Waals surface area contributed by atoms with Gasteiger partial charge in [-0.25, -0.2) is 4.79 Å². The maximum atomic E-state index is 12.2. The van der Waals surface area contributed by atoms with Gasteiger partial charge < -0.3 is 14.7 Å². The van der Waals surface area contributed by atoms with E-state index in [4.69, 9.17) is 0 Å². The quantitative estimate of drug-likeness (QED) is 0.780. The van der Waals surface area contributed by atoms with Crippen LogP contribution >= 0.6 is 0 Å². The van der Waals surface area contributed by atoms with Crippen molar-refractivity contribution in [3.8, 4) is 0 Å². The largest absolute Gasteiger partial charge is 0.323 e. The highest BCUT2D eigenvalue weighted by Crippen LogP contribution is 2.23. The van der Waals surface area contributed by atoms with Gasteiger partial charge in [0.15, 0.2) is 0 Å². The van der Waals surface area contributed by atoms with Crippen molar-refractivity contribution in [1.82, 2.24) is 14.7 Å². The zero-order chi connectivity index (χ0) is 14.0. The Hall–Kier alpha value is -0.770. The molecule has 2 atom stereocenters. The molecule has 0 N–H and O–H groups in total. The summed E-state index contributed by atoms with van der Waals surface area (Å²) in [6.45, 7) is 8.69. The first-order valence-electron chi connectivity index (χ1n) is 7.69. The monoisotopic (exact) mass is 267 g/mol. The summed E-state index contributed by atoms with van der Waals surface area (Å²) in [6.07, 6.45) is 3.80. The first kappa shape index (κ1) is 14.6. The maximum Gasteiger partial charge on any atom is 0.320 e. The van der Waals surface area contributed by atoms with Crippen molar-refractivity contribution in [2.75, 3.05) is 40.3 Å². The van der Waals surface area contributed by atoms with Gasteiger partial charge >= 0.3 is 6.03 Å². The minimum atomic E-state index is 0.225. The van der Waals surface area contributed by atoms with Crippen LogP contribution in [-0.2, 0) is 0 Å². The Balaban J connectivity index is 1.81. The first-order valence-corrected chi connectivity index (χ1v) is 7.69. The van der Waals surface area contributed by atoms with Crippen molar-refractivity contribution in [3.63, 3.8) is 0 Å². The molecule has 2 fully saturated rings. The zero-order valence-corrected chi connectivity index (χ0v) is 12.9. The third-order valence-electron chi connectivity index (χ3n) is 4.78. The number of likely N-dealkylation sites (tertiary alicyclic amines) is 1. The number of urea groups is 1. The minimum absolute atomic E-state index is 0.225. The summed E-state index contributed by atoms with van der Waals surface area (Å²) in [5.41, 5.74) is 0. The summed E-state index contributed by atoms with van der Waals surface area (Å²) < 4.78 is 0. The number of carbonyl (C=O) groups is 1. The molecule has 110 valence electrons. The summed E-state index contributed by atoms with van der Waals surface area (Å²) in [5.74, 6) is 1.31. The lowest BCUT2D eigenvalue weighted by molar-refractivity contribution is 0.176. The van der Waals surface area contributed by atoms with Gasteiger partial charge in [0.2, 0.25) is 0 Å². The topological polar surface area (TPSA) is 26.8 Å². The SMILES string of the molecule is CC(C)C1CN(CCC2CCCN(C)C2)C(=O)N1C. The van der Waals surface area contributed by atoms with E-state index in [9.17, 15) is 4.79 Å². The summed E-state index contributed by atoms with van der Waals surface area (Å²) in [4.78, 5) is 18.6. The molecule has 0 saturated carbocycles. The van der Waals surface area contributed by atoms with Crippen molar-refractivity contribution in [2.45, 2.75) is 39.2 Å². The van der Waals surface area contributed by atoms with Crippen molar-refractivity contribution in [2.24, 2.45) is 11.8 Å². The fraction of sp³-hybridized carbons (Fsp3) is 0.933. The van der Waals surface area contributed by atoms with Gasteiger partial charge in [0, 0.05) is 26.7 Å². The molecule has 0 aliphatic carbocycles. The Morgan fingerprint density at radius 1 is 1.26 bits per heavy atom. The van der Waals surface area contributed by atoms with Crippen LogP contribution in [0.3, 0.4) is 0 Å². The highest BCUT2D eigenvalue weighted by atomic mass is 16.2. The standard InChI is InChI=1S/C15H29N3O/c1-12(2)14-11-18(15(19)17(14)4)9-7-13-6-5-8-16(3)10-13/h12-14H,5-11H2,1-4H3. The van der Waals surface area contributed by atoms with Crippen LogP contribution in [-0.4, -0.2) is 67.0 Å². The second kappa shape index (κ2) is 6.12. The third-order valence-corrected chi connectivity index (χ3v) is 4.78. The molecule has 0 spiro atoms. The Kier molecular flexibility index (Phi) is 4.71. The molecule has 19 heavy (non-hydrogen) atoms. The predicted molar refractivity (Wildman–Crippen MR) is 78.2 cm³/mol. The van der Waals surface area contributed by atoms with Crippen molar-refractivity contribution in [3.05, 3.63) is 0 Å². The summed E-state index contributed by atoms with van der Waals surface area (Å²) in [5, 5.41) is 0. The average molecular weight is 267 g/mol. The number of amides is 2. The predicted octanol–water partition coefficient (Wildman–Crippen LogP) is 2.11. The van der Waals surface area contributed by atoms with Gasteiger partial charge in [0.25, 0.3) is 0 Å². The van der Waals surface area contributed by atoms with Crippen LogP contribution in [0.15, 0.2) is 0 Å². The summed E-state index contributed by atoms with van der Waals surface area (Å²) in [6, 6.07) is 0.615. The van der Waals surface area contributed by atoms with Crippen LogP contribution in [0, 0.1) is 11.8 Å². The highest BCUT2D eigenvalue weighted by molar-refractivity contribution is 5.76. The third kappa shape index (κ3) is 3.41. The molecule has 2 rings (SSSR count). The second-order valence-corrected chi connectivity index (χ2v) is 6.71. The maximum absolute atomic E-state index is 12.2. The smallest absolute Gasteiger partial charge is 0.320 e. The summed E-state index contributed by atoms with van der Waals surface area (Å²) >= 11 is 0. The second-order valence-electron chi connectivity index (χ2n) is 6.71. The van der Waals surface area contributed by atoms with E-state index in [0.29, 0.717) is 12.0 Å². The van der Waals surface area contributed by atoms with Crippen LogP contribution in [0.1, 0.15) is 33.1 Å². The molecule has 4 heteroatoms. The molecule has 2 aliphatic heterocycles. The van der Waals surface area contributed by atoms with Crippen LogP contribution in [0.4, 0.5) is 4.79 Å². The van der Waals surface area contributed by atoms with Gasteiger partial charge in [-0.3, -0.25) is 0 Å². The average Bonchev–Trinajstić information content (AvgIpc) is 2.64. The van der Waals surface area contributed by atoms with Crippen LogP contribution in [0.5, 0.6) is 0 Å². The number of rotatable bonds is 4. The molecule has 0 aromatic carbocycles. The van der Waals surface area contributed by atoms with E-state index >= 15 is 0 Å². The lowest BCUT2D eigenvalue weighted by atomic mass is 9.95. The Labute approximate surface area is 117 Å². The van der Waals surface area contributed by atoms with E-state index in [2.05, 4.69) is 30.7 Å². The fourth-order valence-electron chi connectivity index (χ4n) is 3.48. The van der Waals surface area contributed by atoms with Crippen LogP contribution in [0.2, 0.25) is 0 Å². The molecule has 0 aromatic rings. The van der Waals surface area contributed by atoms with Crippen molar-refractivity contribution in [1.29, 1.82) is 0 Å². The molecule has 0 bridgehead atoms. The molecule has 2 unspecified atom stereocenters. The Morgan fingerprint density at radius 3 is 2.58 bits per heavy atom. The molecule has 2 aliphatic rings. The van der Waals surface area contributed by atoms with E-state index in [0.717, 1.165) is 25.4 Å². The lowest BCUT2D eigenvalue weighted by Crippen LogP contribution is -2.36. The summed E-state index contributed by atoms with van der Waals surface area (Å²) in [7, 11) is 4.15. The normalized spacial score (nSPS) is 29.6. The number of hydrogen-bond donors (Lipinski definition) is 0. The van der Waals surface area contributed by atoms with Gasteiger partial charge in [0.05, 0.1) is 6.04 Å². The van der Waals surface area contributed by atoms with E-state index in [1.165, 1.54) is 25.9 Å². The number of nitrogens with zero attached hydrogens (tertiary/aromatic N) is 3. The number of carbonyl (C=O) groups excluding carboxylic acids is 1. The molecule has 0 aromatic heterocycles. The van der Waals surface area contributed by atoms with Gasteiger partial charge in [-0.1, -0.05) is 13.8 Å². The van der Waals surface area contributed by atoms with Crippen molar-refractivity contribution < 1.29 is 4.79 Å². The highest BCUT2D eigenvalue weighted by Gasteiger charge is 2.36. The van der Waals surface area contributed by atoms with E-state index < -0.39 is 0 Å². The Bertz CT molecular complexity index is 319. The molecular weight excluding hydrogens is 238 g/mol. The van der Waals surface area contributed by atoms with Gasteiger partial charge in [-0.15, -0.1) is 0 Å². The van der Waals surface area contributed by atoms with Crippen LogP contribution < -0.4 is 0 Å². The van der Waals surface area contributed by atoms with Crippen LogP contribution in [0.25, 0.3) is 0 Å². The molecule has 2 saturated heterocycles. The molecular formula is C15H29N3O. The lowest BCUT2D eigenvalue weighted by Gasteiger charge is -2.30. The molecule has 2 heterocycles. The van der Waals surface area contributed by atoms with E-state index in [1.54, 1.807) is 0 Å². The number of hydrogen-bond acceptors (Lipinski definition) is 2. The fourth-order valence-corrected chi connectivity index (χ4v) is 3.48. The first-order chi connectivity index (χ1) is 8.99. The van der Waals surface area contributed by atoms with Gasteiger partial charge in [-0.05, 0) is 44.7 Å². The van der Waals surface area contributed by atoms with Gasteiger partial charge in [0.1, 0.15) is 0 Å². The minimum Gasteiger partial charge on any atom is -0.323 e. The zero-order valence-electron chi connectivity index (χ0n) is 12.9. The van der Waals surface area contributed by atoms with Gasteiger partial charge in [-0.2, -0.15) is 0 Å². The Morgan fingerprint density at radius 2 is 2.00 bits per heavy atom. The van der Waals surface area contributed by atoms with E-state index in [-0.39, 0.29) is 6.03 Å². The van der Waals surface area contributed by atoms with Crippen molar-refractivity contribution >= 4 is 6.03 Å². The van der Waals surface area contributed by atoms with E-state index in [1.807, 2.05) is 11.9 Å². The number of likely N-dealkylation sites (N-methyl/N-ethyl adjacent to an activating group) is 1. The molecule has 4 nitrogen and oxygen atoms in total. The molecule has 0 radical (unpaired) electrons. The molecule has 2 amide bonds.